The van der Waals surface area contributed by atoms with Crippen molar-refractivity contribution in [2.75, 3.05) is 32.8 Å². The number of rotatable bonds is 6. The molecular weight excluding hydrogens is 294 g/mol. The predicted molar refractivity (Wildman–Crippen MR) is 78.5 cm³/mol. The zero-order valence-electron chi connectivity index (χ0n) is 10.6. The van der Waals surface area contributed by atoms with Crippen LogP contribution in [-0.2, 0) is 0 Å². The van der Waals surface area contributed by atoms with Crippen LogP contribution in [0.3, 0.4) is 0 Å². The molecule has 1 atom stereocenters. The number of hydrogen-bond acceptors (Lipinski definition) is 3. The van der Waals surface area contributed by atoms with Crippen molar-refractivity contribution < 1.29 is 9.84 Å². The van der Waals surface area contributed by atoms with Crippen LogP contribution in [0.25, 0.3) is 0 Å². The highest BCUT2D eigenvalue weighted by Gasteiger charge is 2.17. The number of para-hydroxylation sites is 1. The third kappa shape index (κ3) is 4.96. The van der Waals surface area contributed by atoms with Gasteiger partial charge < -0.3 is 14.7 Å². The zero-order valence-corrected chi connectivity index (χ0v) is 12.3. The van der Waals surface area contributed by atoms with Crippen LogP contribution in [0.15, 0.2) is 30.3 Å². The van der Waals surface area contributed by atoms with Crippen molar-refractivity contribution in [3.63, 3.8) is 0 Å². The average molecular weight is 316 g/mol. The maximum Gasteiger partial charge on any atom is 0.119 e. The van der Waals surface area contributed by atoms with Gasteiger partial charge in [0.1, 0.15) is 5.75 Å². The number of aliphatic hydroxyl groups is 1. The van der Waals surface area contributed by atoms with E-state index in [4.69, 9.17) is 4.74 Å². The van der Waals surface area contributed by atoms with Gasteiger partial charge in [-0.1, -0.05) is 18.2 Å². The third-order valence-corrected chi connectivity index (χ3v) is 3.20. The molecule has 1 N–H and O–H groups in total. The fourth-order valence-corrected chi connectivity index (χ4v) is 2.22. The molecule has 18 heavy (non-hydrogen) atoms. The molecule has 0 aromatic heterocycles. The Morgan fingerprint density at radius 3 is 2.44 bits per heavy atom. The van der Waals surface area contributed by atoms with Gasteiger partial charge in [-0.15, -0.1) is 17.0 Å². The normalized spacial score (nSPS) is 17.2. The molecule has 1 aromatic rings. The molecule has 0 aliphatic carbocycles. The summed E-state index contributed by atoms with van der Waals surface area (Å²) in [4.78, 5) is 2.41. The van der Waals surface area contributed by atoms with Crippen LogP contribution in [0.2, 0.25) is 0 Å². The van der Waals surface area contributed by atoms with Crippen molar-refractivity contribution in [2.45, 2.75) is 12.8 Å². The van der Waals surface area contributed by atoms with Gasteiger partial charge in [-0.05, 0) is 38.1 Å². The SMILES string of the molecule is Br.OC[C@@H](COc1ccccc1)CN1CCCC1. The Hall–Kier alpha value is -0.580. The Kier molecular flexibility index (Phi) is 7.32. The predicted octanol–water partition coefficient (Wildman–Crippen LogP) is 2.35. The Labute approximate surface area is 120 Å². The topological polar surface area (TPSA) is 32.7 Å². The van der Waals surface area contributed by atoms with E-state index in [0.29, 0.717) is 6.61 Å². The van der Waals surface area contributed by atoms with Crippen LogP contribution in [0.1, 0.15) is 12.8 Å². The molecule has 0 radical (unpaired) electrons. The maximum absolute atomic E-state index is 9.36. The highest BCUT2D eigenvalue weighted by Crippen LogP contribution is 2.13. The lowest BCUT2D eigenvalue weighted by atomic mass is 10.1. The molecule has 3 nitrogen and oxygen atoms in total. The first-order valence-electron chi connectivity index (χ1n) is 6.39. The summed E-state index contributed by atoms with van der Waals surface area (Å²) in [5.74, 6) is 1.10. The monoisotopic (exact) mass is 315 g/mol. The lowest BCUT2D eigenvalue weighted by Gasteiger charge is -2.21. The molecule has 1 aromatic carbocycles. The van der Waals surface area contributed by atoms with E-state index < -0.39 is 0 Å². The number of ether oxygens (including phenoxy) is 1. The largest absolute Gasteiger partial charge is 0.493 e. The maximum atomic E-state index is 9.36. The first-order chi connectivity index (χ1) is 8.38. The van der Waals surface area contributed by atoms with Crippen molar-refractivity contribution in [3.8, 4) is 5.75 Å². The van der Waals surface area contributed by atoms with E-state index in [9.17, 15) is 5.11 Å². The fraction of sp³-hybridized carbons (Fsp3) is 0.571. The molecule has 1 heterocycles. The Morgan fingerprint density at radius 2 is 1.83 bits per heavy atom. The minimum absolute atomic E-state index is 0. The van der Waals surface area contributed by atoms with Gasteiger partial charge in [0.05, 0.1) is 13.2 Å². The van der Waals surface area contributed by atoms with Crippen molar-refractivity contribution in [2.24, 2.45) is 5.92 Å². The number of hydrogen-bond donors (Lipinski definition) is 1. The van der Waals surface area contributed by atoms with Gasteiger partial charge in [-0.3, -0.25) is 0 Å². The Balaban J connectivity index is 0.00000162. The lowest BCUT2D eigenvalue weighted by molar-refractivity contribution is 0.129. The van der Waals surface area contributed by atoms with Gasteiger partial charge in [0, 0.05) is 12.5 Å². The summed E-state index contributed by atoms with van der Waals surface area (Å²) in [6.07, 6.45) is 2.58. The van der Waals surface area contributed by atoms with Gasteiger partial charge in [-0.2, -0.15) is 0 Å². The standard InChI is InChI=1S/C14H21NO2.BrH/c16-11-13(10-15-8-4-5-9-15)12-17-14-6-2-1-3-7-14;/h1-3,6-7,13,16H,4-5,8-12H2;1H/t13-;/m0./s1. The Morgan fingerprint density at radius 1 is 1.17 bits per heavy atom. The van der Waals surface area contributed by atoms with Crippen molar-refractivity contribution >= 4 is 17.0 Å². The van der Waals surface area contributed by atoms with Crippen LogP contribution in [0.4, 0.5) is 0 Å². The van der Waals surface area contributed by atoms with E-state index in [1.54, 1.807) is 0 Å². The second-order valence-electron chi connectivity index (χ2n) is 4.68. The summed E-state index contributed by atoms with van der Waals surface area (Å²) in [6.45, 7) is 4.08. The van der Waals surface area contributed by atoms with E-state index in [1.165, 1.54) is 25.9 Å². The number of halogens is 1. The molecule has 4 heteroatoms. The highest BCUT2D eigenvalue weighted by atomic mass is 79.9. The minimum Gasteiger partial charge on any atom is -0.493 e. The third-order valence-electron chi connectivity index (χ3n) is 3.20. The summed E-state index contributed by atoms with van der Waals surface area (Å²) in [5.41, 5.74) is 0. The first-order valence-corrected chi connectivity index (χ1v) is 6.39. The number of aliphatic hydroxyl groups excluding tert-OH is 1. The van der Waals surface area contributed by atoms with E-state index in [0.717, 1.165) is 12.3 Å². The van der Waals surface area contributed by atoms with Gasteiger partial charge in [0.15, 0.2) is 0 Å². The molecule has 1 aliphatic rings. The van der Waals surface area contributed by atoms with Gasteiger partial charge >= 0.3 is 0 Å². The zero-order chi connectivity index (χ0) is 11.9. The number of likely N-dealkylation sites (tertiary alicyclic amines) is 1. The molecule has 2 rings (SSSR count). The van der Waals surface area contributed by atoms with Gasteiger partial charge in [0.25, 0.3) is 0 Å². The number of nitrogens with zero attached hydrogens (tertiary/aromatic N) is 1. The van der Waals surface area contributed by atoms with Gasteiger partial charge in [0.2, 0.25) is 0 Å². The summed E-state index contributed by atoms with van der Waals surface area (Å²) >= 11 is 0. The van der Waals surface area contributed by atoms with Crippen molar-refractivity contribution in [1.82, 2.24) is 4.90 Å². The molecule has 0 saturated carbocycles. The fourth-order valence-electron chi connectivity index (χ4n) is 2.22. The summed E-state index contributed by atoms with van der Waals surface area (Å²) < 4.78 is 5.68. The molecule has 1 aliphatic heterocycles. The number of benzene rings is 1. The van der Waals surface area contributed by atoms with E-state index in [-0.39, 0.29) is 29.5 Å². The first kappa shape index (κ1) is 15.5. The summed E-state index contributed by atoms with van der Waals surface area (Å²) in [5, 5.41) is 9.36. The van der Waals surface area contributed by atoms with E-state index in [1.807, 2.05) is 30.3 Å². The van der Waals surface area contributed by atoms with Crippen LogP contribution in [-0.4, -0.2) is 42.9 Å². The van der Waals surface area contributed by atoms with Crippen LogP contribution >= 0.6 is 17.0 Å². The van der Waals surface area contributed by atoms with Crippen molar-refractivity contribution in [3.05, 3.63) is 30.3 Å². The molecule has 102 valence electrons. The summed E-state index contributed by atoms with van der Waals surface area (Å²) in [6, 6.07) is 9.79. The average Bonchev–Trinajstić information content (AvgIpc) is 2.88. The minimum atomic E-state index is 0. The molecule has 0 unspecified atom stereocenters. The molecule has 0 spiro atoms. The molecule has 0 bridgehead atoms. The van der Waals surface area contributed by atoms with E-state index >= 15 is 0 Å². The van der Waals surface area contributed by atoms with Crippen LogP contribution in [0, 0.1) is 5.92 Å². The quantitative estimate of drug-likeness (QED) is 0.874. The van der Waals surface area contributed by atoms with Crippen LogP contribution < -0.4 is 4.74 Å². The Bertz CT molecular complexity index is 315. The van der Waals surface area contributed by atoms with Gasteiger partial charge in [-0.25, -0.2) is 0 Å². The molecule has 1 fully saturated rings. The van der Waals surface area contributed by atoms with Crippen molar-refractivity contribution in [1.29, 1.82) is 0 Å². The summed E-state index contributed by atoms with van der Waals surface area (Å²) in [7, 11) is 0. The molecular formula is C14H22BrNO2. The second-order valence-corrected chi connectivity index (χ2v) is 4.68. The van der Waals surface area contributed by atoms with Crippen LogP contribution in [0.5, 0.6) is 5.75 Å². The molecule has 0 amide bonds. The smallest absolute Gasteiger partial charge is 0.119 e. The highest BCUT2D eigenvalue weighted by molar-refractivity contribution is 8.93. The molecule has 1 saturated heterocycles. The van der Waals surface area contributed by atoms with E-state index in [2.05, 4.69) is 4.90 Å². The second kappa shape index (κ2) is 8.51. The lowest BCUT2D eigenvalue weighted by Crippen LogP contribution is -2.32.